The molecule has 1 atom stereocenters. The average Bonchev–Trinajstić information content (AvgIpc) is 2.38. The van der Waals surface area contributed by atoms with E-state index >= 15 is 0 Å². The molecule has 1 heterocycles. The molecular formula is C13H15NO5. The van der Waals surface area contributed by atoms with Crippen LogP contribution in [0.5, 0.6) is 5.75 Å². The second kappa shape index (κ2) is 5.71. The molecule has 1 aliphatic rings. The van der Waals surface area contributed by atoms with Crippen molar-refractivity contribution in [2.45, 2.75) is 18.9 Å². The Labute approximate surface area is 110 Å². The number of fused-ring (bicyclic) bond motifs is 1. The number of benzene rings is 1. The van der Waals surface area contributed by atoms with Gasteiger partial charge in [0.15, 0.2) is 0 Å². The van der Waals surface area contributed by atoms with E-state index in [4.69, 9.17) is 14.6 Å². The lowest BCUT2D eigenvalue weighted by molar-refractivity contribution is -0.147. The Kier molecular flexibility index (Phi) is 4.01. The van der Waals surface area contributed by atoms with E-state index in [-0.39, 0.29) is 12.5 Å². The van der Waals surface area contributed by atoms with Gasteiger partial charge in [-0.3, -0.25) is 4.79 Å². The molecule has 0 saturated carbocycles. The lowest BCUT2D eigenvalue weighted by Crippen LogP contribution is -2.31. The van der Waals surface area contributed by atoms with Gasteiger partial charge in [0.1, 0.15) is 5.75 Å². The summed E-state index contributed by atoms with van der Waals surface area (Å²) in [7, 11) is 1.42. The van der Waals surface area contributed by atoms with Crippen molar-refractivity contribution < 1.29 is 24.2 Å². The van der Waals surface area contributed by atoms with Crippen molar-refractivity contribution in [2.75, 3.05) is 19.0 Å². The zero-order valence-electron chi connectivity index (χ0n) is 10.5. The molecular weight excluding hydrogens is 250 g/mol. The van der Waals surface area contributed by atoms with Crippen LogP contribution >= 0.6 is 0 Å². The summed E-state index contributed by atoms with van der Waals surface area (Å²) in [5.74, 6) is -0.629. The summed E-state index contributed by atoms with van der Waals surface area (Å²) >= 11 is 0. The highest BCUT2D eigenvalue weighted by molar-refractivity contribution is 5.94. The van der Waals surface area contributed by atoms with Crippen LogP contribution in [0.15, 0.2) is 18.2 Å². The number of aryl methyl sites for hydroxylation is 1. The summed E-state index contributed by atoms with van der Waals surface area (Å²) in [5, 5.41) is 11.7. The van der Waals surface area contributed by atoms with Crippen LogP contribution in [-0.2, 0) is 20.7 Å². The summed E-state index contributed by atoms with van der Waals surface area (Å²) in [6.07, 6.45) is 0.0123. The second-order valence-corrected chi connectivity index (χ2v) is 4.27. The van der Waals surface area contributed by atoms with Crippen LogP contribution in [-0.4, -0.2) is 36.8 Å². The van der Waals surface area contributed by atoms with Gasteiger partial charge in [0, 0.05) is 19.2 Å². The van der Waals surface area contributed by atoms with E-state index in [1.54, 1.807) is 18.2 Å². The minimum absolute atomic E-state index is 0.0102. The number of ether oxygens (including phenoxy) is 2. The highest BCUT2D eigenvalue weighted by Crippen LogP contribution is 2.27. The van der Waals surface area contributed by atoms with E-state index < -0.39 is 12.1 Å². The maximum absolute atomic E-state index is 11.2. The summed E-state index contributed by atoms with van der Waals surface area (Å²) in [6, 6.07) is 5.10. The van der Waals surface area contributed by atoms with Gasteiger partial charge in [0.05, 0.1) is 6.61 Å². The summed E-state index contributed by atoms with van der Waals surface area (Å²) in [5.41, 5.74) is 1.70. The van der Waals surface area contributed by atoms with Gasteiger partial charge in [-0.1, -0.05) is 0 Å². The minimum Gasteiger partial charge on any atom is -0.478 e. The molecule has 0 saturated heterocycles. The standard InChI is InChI=1S/C13H15NO5/c1-18-7-11(13(16)17)19-9-3-4-10-8(6-9)2-5-12(15)14-10/h3-4,6,11H,2,5,7H2,1H3,(H,14,15)(H,16,17). The SMILES string of the molecule is COCC(Oc1ccc2c(c1)CCC(=O)N2)C(=O)O. The van der Waals surface area contributed by atoms with E-state index in [0.717, 1.165) is 11.3 Å². The summed E-state index contributed by atoms with van der Waals surface area (Å²) < 4.78 is 10.2. The van der Waals surface area contributed by atoms with Gasteiger partial charge in [-0.15, -0.1) is 0 Å². The highest BCUT2D eigenvalue weighted by Gasteiger charge is 2.21. The summed E-state index contributed by atoms with van der Waals surface area (Å²) in [4.78, 5) is 22.2. The minimum atomic E-state index is -1.08. The quantitative estimate of drug-likeness (QED) is 0.831. The number of nitrogens with one attached hydrogen (secondary N) is 1. The predicted molar refractivity (Wildman–Crippen MR) is 67.3 cm³/mol. The maximum atomic E-state index is 11.2. The molecule has 0 aromatic heterocycles. The topological polar surface area (TPSA) is 84.9 Å². The van der Waals surface area contributed by atoms with Crippen molar-refractivity contribution in [3.8, 4) is 5.75 Å². The van der Waals surface area contributed by atoms with E-state index in [0.29, 0.717) is 18.6 Å². The number of anilines is 1. The highest BCUT2D eigenvalue weighted by atomic mass is 16.5. The molecule has 0 bridgehead atoms. The molecule has 1 aromatic rings. The third-order valence-electron chi connectivity index (χ3n) is 2.84. The first-order valence-electron chi connectivity index (χ1n) is 5.91. The average molecular weight is 265 g/mol. The predicted octanol–water partition coefficient (Wildman–Crippen LogP) is 1.05. The van der Waals surface area contributed by atoms with Crippen molar-refractivity contribution in [1.29, 1.82) is 0 Å². The largest absolute Gasteiger partial charge is 0.478 e. The molecule has 2 N–H and O–H groups in total. The van der Waals surface area contributed by atoms with Gasteiger partial charge in [0.25, 0.3) is 0 Å². The number of methoxy groups -OCH3 is 1. The Morgan fingerprint density at radius 2 is 2.26 bits per heavy atom. The fourth-order valence-electron chi connectivity index (χ4n) is 1.90. The van der Waals surface area contributed by atoms with Crippen LogP contribution in [0.1, 0.15) is 12.0 Å². The van der Waals surface area contributed by atoms with Crippen molar-refractivity contribution >= 4 is 17.6 Å². The Morgan fingerprint density at radius 1 is 1.47 bits per heavy atom. The molecule has 1 aliphatic heterocycles. The first-order valence-corrected chi connectivity index (χ1v) is 5.91. The Morgan fingerprint density at radius 3 is 2.95 bits per heavy atom. The Bertz CT molecular complexity index is 500. The first kappa shape index (κ1) is 13.4. The lowest BCUT2D eigenvalue weighted by atomic mass is 10.0. The van der Waals surface area contributed by atoms with Gasteiger partial charge in [0.2, 0.25) is 12.0 Å². The number of aliphatic carboxylic acids is 1. The van der Waals surface area contributed by atoms with E-state index in [2.05, 4.69) is 5.32 Å². The normalized spacial score (nSPS) is 15.3. The maximum Gasteiger partial charge on any atom is 0.347 e. The number of carboxylic acids is 1. The second-order valence-electron chi connectivity index (χ2n) is 4.27. The molecule has 0 fully saturated rings. The van der Waals surface area contributed by atoms with Crippen molar-refractivity contribution in [3.05, 3.63) is 23.8 Å². The molecule has 0 spiro atoms. The third-order valence-corrected chi connectivity index (χ3v) is 2.84. The molecule has 0 radical (unpaired) electrons. The number of rotatable bonds is 5. The van der Waals surface area contributed by atoms with Crippen LogP contribution in [0, 0.1) is 0 Å². The lowest BCUT2D eigenvalue weighted by Gasteiger charge is -2.19. The Balaban J connectivity index is 2.13. The van der Waals surface area contributed by atoms with Crippen LogP contribution in [0.3, 0.4) is 0 Å². The van der Waals surface area contributed by atoms with Crippen molar-refractivity contribution in [2.24, 2.45) is 0 Å². The van der Waals surface area contributed by atoms with Gasteiger partial charge in [-0.05, 0) is 30.2 Å². The smallest absolute Gasteiger partial charge is 0.347 e. The number of hydrogen-bond acceptors (Lipinski definition) is 4. The van der Waals surface area contributed by atoms with Crippen LogP contribution in [0.25, 0.3) is 0 Å². The van der Waals surface area contributed by atoms with Crippen molar-refractivity contribution in [3.63, 3.8) is 0 Å². The summed E-state index contributed by atoms with van der Waals surface area (Å²) in [6.45, 7) is -0.0246. The van der Waals surface area contributed by atoms with Crippen LogP contribution in [0.2, 0.25) is 0 Å². The Hall–Kier alpha value is -2.08. The zero-order chi connectivity index (χ0) is 13.8. The van der Waals surface area contributed by atoms with E-state index in [1.807, 2.05) is 0 Å². The molecule has 2 rings (SSSR count). The molecule has 102 valence electrons. The van der Waals surface area contributed by atoms with Crippen molar-refractivity contribution in [1.82, 2.24) is 0 Å². The number of amides is 1. The van der Waals surface area contributed by atoms with E-state index in [1.165, 1.54) is 7.11 Å². The number of hydrogen-bond donors (Lipinski definition) is 2. The molecule has 1 unspecified atom stereocenters. The molecule has 6 nitrogen and oxygen atoms in total. The third kappa shape index (κ3) is 3.23. The number of carbonyl (C=O) groups is 2. The van der Waals surface area contributed by atoms with Crippen LogP contribution in [0.4, 0.5) is 5.69 Å². The molecule has 1 amide bonds. The van der Waals surface area contributed by atoms with Gasteiger partial charge in [-0.25, -0.2) is 4.79 Å². The zero-order valence-corrected chi connectivity index (χ0v) is 10.5. The fraction of sp³-hybridized carbons (Fsp3) is 0.385. The number of carboxylic acid groups (broad SMARTS) is 1. The van der Waals surface area contributed by atoms with Gasteiger partial charge >= 0.3 is 5.97 Å². The first-order chi connectivity index (χ1) is 9.10. The monoisotopic (exact) mass is 265 g/mol. The van der Waals surface area contributed by atoms with Gasteiger partial charge < -0.3 is 19.9 Å². The molecule has 19 heavy (non-hydrogen) atoms. The number of carbonyl (C=O) groups excluding carboxylic acids is 1. The molecule has 6 heteroatoms. The fourth-order valence-corrected chi connectivity index (χ4v) is 1.90. The molecule has 0 aliphatic carbocycles. The van der Waals surface area contributed by atoms with Crippen LogP contribution < -0.4 is 10.1 Å². The van der Waals surface area contributed by atoms with E-state index in [9.17, 15) is 9.59 Å². The molecule has 1 aromatic carbocycles. The van der Waals surface area contributed by atoms with Gasteiger partial charge in [-0.2, -0.15) is 0 Å².